The number of anilines is 1. The minimum atomic E-state index is -4.09. The molecule has 7 nitrogen and oxygen atoms in total. The summed E-state index contributed by atoms with van der Waals surface area (Å²) in [6.07, 6.45) is 1.75. The number of carbonyl (C=O) groups is 2. The lowest BCUT2D eigenvalue weighted by Gasteiger charge is -2.33. The zero-order chi connectivity index (χ0) is 29.3. The molecule has 0 aliphatic rings. The fourth-order valence-electron chi connectivity index (χ4n) is 4.70. The van der Waals surface area contributed by atoms with E-state index < -0.39 is 28.5 Å². The Morgan fingerprint density at radius 3 is 2.20 bits per heavy atom. The van der Waals surface area contributed by atoms with Gasteiger partial charge in [-0.05, 0) is 62.4 Å². The van der Waals surface area contributed by atoms with E-state index >= 15 is 0 Å². The first-order chi connectivity index (χ1) is 19.1. The summed E-state index contributed by atoms with van der Waals surface area (Å²) in [6.45, 7) is 9.89. The predicted octanol–water partition coefficient (Wildman–Crippen LogP) is 5.39. The number of rotatable bonds is 13. The van der Waals surface area contributed by atoms with Crippen LogP contribution in [0.5, 0.6) is 0 Å². The molecular weight excluding hydrogens is 522 g/mol. The van der Waals surface area contributed by atoms with Crippen LogP contribution in [0.15, 0.2) is 77.7 Å². The van der Waals surface area contributed by atoms with Gasteiger partial charge in [0.25, 0.3) is 10.0 Å². The number of benzene rings is 3. The molecule has 0 spiro atoms. The van der Waals surface area contributed by atoms with Crippen LogP contribution >= 0.6 is 0 Å². The molecule has 0 aliphatic heterocycles. The van der Waals surface area contributed by atoms with Crippen molar-refractivity contribution in [3.63, 3.8) is 0 Å². The molecule has 0 saturated heterocycles. The van der Waals surface area contributed by atoms with Crippen molar-refractivity contribution in [3.05, 3.63) is 95.1 Å². The molecule has 0 aliphatic carbocycles. The Morgan fingerprint density at radius 1 is 0.875 bits per heavy atom. The minimum absolute atomic E-state index is 0.106. The maximum Gasteiger partial charge on any atom is 0.264 e. The Morgan fingerprint density at radius 2 is 1.57 bits per heavy atom. The molecule has 0 unspecified atom stereocenters. The van der Waals surface area contributed by atoms with Crippen LogP contribution in [0.1, 0.15) is 55.9 Å². The molecule has 0 saturated carbocycles. The summed E-state index contributed by atoms with van der Waals surface area (Å²) in [6, 6.07) is 20.9. The van der Waals surface area contributed by atoms with Gasteiger partial charge in [-0.15, -0.1) is 0 Å². The second kappa shape index (κ2) is 14.1. The van der Waals surface area contributed by atoms with Crippen LogP contribution in [-0.4, -0.2) is 44.3 Å². The van der Waals surface area contributed by atoms with Crippen molar-refractivity contribution in [1.82, 2.24) is 10.2 Å². The Kier molecular flexibility index (Phi) is 10.9. The molecule has 0 aromatic heterocycles. The van der Waals surface area contributed by atoms with Crippen molar-refractivity contribution < 1.29 is 18.0 Å². The van der Waals surface area contributed by atoms with Crippen LogP contribution in [0.25, 0.3) is 0 Å². The number of nitrogens with zero attached hydrogens (tertiary/aromatic N) is 2. The third-order valence-corrected chi connectivity index (χ3v) is 8.67. The number of hydrogen-bond acceptors (Lipinski definition) is 4. The summed E-state index contributed by atoms with van der Waals surface area (Å²) < 4.78 is 29.3. The molecule has 40 heavy (non-hydrogen) atoms. The first-order valence-electron chi connectivity index (χ1n) is 13.9. The van der Waals surface area contributed by atoms with E-state index in [-0.39, 0.29) is 17.3 Å². The second-order valence-electron chi connectivity index (χ2n) is 10.0. The maximum atomic E-state index is 14.2. The summed E-state index contributed by atoms with van der Waals surface area (Å²) in [5.74, 6) is -0.686. The molecule has 1 atom stereocenters. The number of aryl methyl sites for hydroxylation is 3. The van der Waals surface area contributed by atoms with Crippen LogP contribution in [0, 0.1) is 13.8 Å². The van der Waals surface area contributed by atoms with E-state index in [1.165, 1.54) is 9.21 Å². The predicted molar refractivity (Wildman–Crippen MR) is 161 cm³/mol. The van der Waals surface area contributed by atoms with Gasteiger partial charge in [-0.25, -0.2) is 8.42 Å². The third-order valence-electron chi connectivity index (χ3n) is 6.90. The highest BCUT2D eigenvalue weighted by molar-refractivity contribution is 7.92. The minimum Gasteiger partial charge on any atom is -0.354 e. The van der Waals surface area contributed by atoms with Gasteiger partial charge in [0.2, 0.25) is 11.8 Å². The first-order valence-corrected chi connectivity index (χ1v) is 15.4. The molecule has 2 amide bonds. The Balaban J connectivity index is 2.09. The zero-order valence-electron chi connectivity index (χ0n) is 24.2. The molecule has 0 heterocycles. The second-order valence-corrected chi connectivity index (χ2v) is 11.9. The number of carbonyl (C=O) groups excluding carboxylic acids is 2. The molecule has 3 aromatic carbocycles. The highest BCUT2D eigenvalue weighted by Gasteiger charge is 2.34. The van der Waals surface area contributed by atoms with Gasteiger partial charge in [0.1, 0.15) is 12.6 Å². The summed E-state index contributed by atoms with van der Waals surface area (Å²) >= 11 is 0. The quantitative estimate of drug-likeness (QED) is 0.302. The van der Waals surface area contributed by atoms with E-state index in [0.29, 0.717) is 25.1 Å². The molecule has 3 aromatic rings. The Bertz CT molecular complexity index is 1400. The molecule has 3 rings (SSSR count). The fourth-order valence-corrected chi connectivity index (χ4v) is 6.15. The van der Waals surface area contributed by atoms with Gasteiger partial charge in [0, 0.05) is 13.1 Å². The molecule has 1 N–H and O–H groups in total. The zero-order valence-corrected chi connectivity index (χ0v) is 25.0. The third kappa shape index (κ3) is 7.50. The highest BCUT2D eigenvalue weighted by Crippen LogP contribution is 2.28. The summed E-state index contributed by atoms with van der Waals surface area (Å²) in [4.78, 5) is 29.0. The van der Waals surface area contributed by atoms with Gasteiger partial charge in [-0.1, -0.05) is 86.5 Å². The van der Waals surface area contributed by atoms with Gasteiger partial charge < -0.3 is 10.2 Å². The van der Waals surface area contributed by atoms with E-state index in [0.717, 1.165) is 28.7 Å². The number of para-hydroxylation sites is 1. The Labute approximate surface area is 239 Å². The lowest BCUT2D eigenvalue weighted by Crippen LogP contribution is -2.52. The van der Waals surface area contributed by atoms with Crippen molar-refractivity contribution in [2.75, 3.05) is 17.4 Å². The van der Waals surface area contributed by atoms with Gasteiger partial charge in [0.05, 0.1) is 10.6 Å². The van der Waals surface area contributed by atoms with E-state index in [1.807, 2.05) is 71.0 Å². The van der Waals surface area contributed by atoms with Crippen LogP contribution in [0.3, 0.4) is 0 Å². The summed E-state index contributed by atoms with van der Waals surface area (Å²) in [5, 5.41) is 2.92. The van der Waals surface area contributed by atoms with Crippen molar-refractivity contribution >= 4 is 27.5 Å². The van der Waals surface area contributed by atoms with Crippen molar-refractivity contribution in [2.45, 2.75) is 71.4 Å². The van der Waals surface area contributed by atoms with E-state index in [2.05, 4.69) is 5.32 Å². The highest BCUT2D eigenvalue weighted by atomic mass is 32.2. The molecule has 0 fully saturated rings. The molecule has 0 radical (unpaired) electrons. The lowest BCUT2D eigenvalue weighted by molar-refractivity contribution is -0.140. The smallest absolute Gasteiger partial charge is 0.264 e. The fraction of sp³-hybridized carbons (Fsp3) is 0.375. The van der Waals surface area contributed by atoms with Gasteiger partial charge in [-0.3, -0.25) is 13.9 Å². The molecule has 0 bridgehead atoms. The van der Waals surface area contributed by atoms with Gasteiger partial charge >= 0.3 is 0 Å². The normalized spacial score (nSPS) is 12.0. The number of sulfonamides is 1. The molecule has 8 heteroatoms. The van der Waals surface area contributed by atoms with Crippen molar-refractivity contribution in [2.24, 2.45) is 0 Å². The number of amides is 2. The van der Waals surface area contributed by atoms with Crippen LogP contribution in [0.4, 0.5) is 5.69 Å². The van der Waals surface area contributed by atoms with Crippen molar-refractivity contribution in [1.29, 1.82) is 0 Å². The standard InChI is InChI=1S/C32H41N3O4S/c1-6-20-33-32(37)29(8-3)34(22-26-13-11-12-25(5)21-26)31(36)23-35(30-15-10-9-14-27(30)7-2)40(38,39)28-18-16-24(4)17-19-28/h9-19,21,29H,6-8,20,22-23H2,1-5H3,(H,33,37)/t29-/m1/s1. The summed E-state index contributed by atoms with van der Waals surface area (Å²) in [7, 11) is -4.09. The van der Waals surface area contributed by atoms with Crippen LogP contribution in [-0.2, 0) is 32.6 Å². The molecular formula is C32H41N3O4S. The number of nitrogens with one attached hydrogen (secondary N) is 1. The Hall–Kier alpha value is -3.65. The monoisotopic (exact) mass is 563 g/mol. The maximum absolute atomic E-state index is 14.2. The lowest BCUT2D eigenvalue weighted by atomic mass is 10.1. The van der Waals surface area contributed by atoms with Gasteiger partial charge in [0.15, 0.2) is 0 Å². The van der Waals surface area contributed by atoms with E-state index in [9.17, 15) is 18.0 Å². The topological polar surface area (TPSA) is 86.8 Å². The largest absolute Gasteiger partial charge is 0.354 e. The van der Waals surface area contributed by atoms with E-state index in [4.69, 9.17) is 0 Å². The summed E-state index contributed by atoms with van der Waals surface area (Å²) in [5.41, 5.74) is 4.11. The average molecular weight is 564 g/mol. The van der Waals surface area contributed by atoms with Crippen LogP contribution in [0.2, 0.25) is 0 Å². The first kappa shape index (κ1) is 30.9. The van der Waals surface area contributed by atoms with Crippen molar-refractivity contribution in [3.8, 4) is 0 Å². The number of hydrogen-bond donors (Lipinski definition) is 1. The van der Waals surface area contributed by atoms with Gasteiger partial charge in [-0.2, -0.15) is 0 Å². The average Bonchev–Trinajstić information content (AvgIpc) is 2.94. The van der Waals surface area contributed by atoms with E-state index in [1.54, 1.807) is 36.4 Å². The SMILES string of the molecule is CCCNC(=O)[C@@H](CC)N(Cc1cccc(C)c1)C(=O)CN(c1ccccc1CC)S(=O)(=O)c1ccc(C)cc1. The molecule has 214 valence electrons. The van der Waals surface area contributed by atoms with Crippen LogP contribution < -0.4 is 9.62 Å².